The van der Waals surface area contributed by atoms with Crippen LogP contribution < -0.4 is 5.32 Å². The van der Waals surface area contributed by atoms with Gasteiger partial charge in [0.15, 0.2) is 5.69 Å². The summed E-state index contributed by atoms with van der Waals surface area (Å²) in [4.78, 5) is 26.3. The Morgan fingerprint density at radius 3 is 2.84 bits per heavy atom. The van der Waals surface area contributed by atoms with Gasteiger partial charge < -0.3 is 14.8 Å². The molecule has 0 aliphatic carbocycles. The molecule has 1 amide bonds. The number of rotatable bonds is 5. The summed E-state index contributed by atoms with van der Waals surface area (Å²) in [5.74, 6) is -0.756. The first kappa shape index (κ1) is 12.8. The highest BCUT2D eigenvalue weighted by atomic mass is 16.4. The van der Waals surface area contributed by atoms with Gasteiger partial charge in [0.2, 0.25) is 5.91 Å². The van der Waals surface area contributed by atoms with E-state index in [0.29, 0.717) is 12.2 Å². The van der Waals surface area contributed by atoms with E-state index in [-0.39, 0.29) is 23.7 Å². The van der Waals surface area contributed by atoms with Crippen LogP contribution in [0.4, 0.5) is 5.69 Å². The number of anilines is 1. The smallest absolute Gasteiger partial charge is 0.356 e. The van der Waals surface area contributed by atoms with Gasteiger partial charge in [-0.3, -0.25) is 4.79 Å². The molecule has 0 bridgehead atoms. The first-order valence-corrected chi connectivity index (χ1v) is 5.67. The fourth-order valence-electron chi connectivity index (χ4n) is 1.58. The van der Waals surface area contributed by atoms with E-state index >= 15 is 0 Å². The van der Waals surface area contributed by atoms with Gasteiger partial charge in [-0.15, -0.1) is 0 Å². The van der Waals surface area contributed by atoms with Crippen LogP contribution in [0.2, 0.25) is 0 Å². The fraction of sp³-hybridized carbons (Fsp3) is 0.154. The van der Waals surface area contributed by atoms with Crippen molar-refractivity contribution in [1.82, 2.24) is 4.98 Å². The molecule has 2 aromatic rings. The zero-order valence-electron chi connectivity index (χ0n) is 10.00. The Morgan fingerprint density at radius 2 is 2.16 bits per heavy atom. The first-order valence-electron chi connectivity index (χ1n) is 5.67. The molecule has 6 heteroatoms. The number of carbonyl (C=O) groups is 2. The SMILES string of the molecule is O=C(CCc1ccco1)Nc1cccnc1C(=O)O. The molecule has 0 aliphatic heterocycles. The van der Waals surface area contributed by atoms with Crippen molar-refractivity contribution >= 4 is 17.6 Å². The minimum Gasteiger partial charge on any atom is -0.476 e. The van der Waals surface area contributed by atoms with Crippen molar-refractivity contribution in [2.45, 2.75) is 12.8 Å². The topological polar surface area (TPSA) is 92.4 Å². The van der Waals surface area contributed by atoms with Crippen LogP contribution in [0.25, 0.3) is 0 Å². The molecule has 0 atom stereocenters. The fourth-order valence-corrected chi connectivity index (χ4v) is 1.58. The normalized spacial score (nSPS) is 10.1. The van der Waals surface area contributed by atoms with E-state index in [0.717, 1.165) is 0 Å². The van der Waals surface area contributed by atoms with E-state index in [9.17, 15) is 9.59 Å². The summed E-state index contributed by atoms with van der Waals surface area (Å²) < 4.78 is 5.11. The van der Waals surface area contributed by atoms with Crippen molar-refractivity contribution in [3.05, 3.63) is 48.2 Å². The third kappa shape index (κ3) is 3.41. The third-order valence-electron chi connectivity index (χ3n) is 2.46. The molecule has 0 saturated carbocycles. The summed E-state index contributed by atoms with van der Waals surface area (Å²) in [5, 5.41) is 11.5. The molecule has 6 nitrogen and oxygen atoms in total. The number of nitrogens with zero attached hydrogens (tertiary/aromatic N) is 1. The van der Waals surface area contributed by atoms with Crippen LogP contribution in [0.3, 0.4) is 0 Å². The zero-order valence-corrected chi connectivity index (χ0v) is 10.00. The highest BCUT2D eigenvalue weighted by Gasteiger charge is 2.13. The number of carboxylic acid groups (broad SMARTS) is 1. The highest BCUT2D eigenvalue weighted by molar-refractivity contribution is 5.99. The van der Waals surface area contributed by atoms with E-state index in [1.54, 1.807) is 18.2 Å². The molecular weight excluding hydrogens is 248 g/mol. The van der Waals surface area contributed by atoms with E-state index in [1.807, 2.05) is 0 Å². The van der Waals surface area contributed by atoms with Gasteiger partial charge in [0, 0.05) is 19.0 Å². The standard InChI is InChI=1S/C13H12N2O4/c16-11(6-5-9-3-2-8-19-9)15-10-4-1-7-14-12(10)13(17)18/h1-4,7-8H,5-6H2,(H,15,16)(H,17,18). The summed E-state index contributed by atoms with van der Waals surface area (Å²) in [6, 6.07) is 6.59. The number of aryl methyl sites for hydroxylation is 1. The second-order valence-corrected chi connectivity index (χ2v) is 3.83. The maximum atomic E-state index is 11.7. The Morgan fingerprint density at radius 1 is 1.32 bits per heavy atom. The van der Waals surface area contributed by atoms with Gasteiger partial charge in [-0.2, -0.15) is 0 Å². The van der Waals surface area contributed by atoms with Gasteiger partial charge >= 0.3 is 5.97 Å². The number of nitrogens with one attached hydrogen (secondary N) is 1. The second-order valence-electron chi connectivity index (χ2n) is 3.83. The van der Waals surface area contributed by atoms with Crippen molar-refractivity contribution in [2.24, 2.45) is 0 Å². The van der Waals surface area contributed by atoms with Gasteiger partial charge in [-0.05, 0) is 24.3 Å². The molecule has 0 aromatic carbocycles. The molecule has 0 aliphatic rings. The van der Waals surface area contributed by atoms with Crippen molar-refractivity contribution in [1.29, 1.82) is 0 Å². The molecule has 2 aromatic heterocycles. The van der Waals surface area contributed by atoms with Crippen LogP contribution in [-0.4, -0.2) is 22.0 Å². The van der Waals surface area contributed by atoms with Crippen molar-refractivity contribution < 1.29 is 19.1 Å². The molecule has 0 spiro atoms. The van der Waals surface area contributed by atoms with Crippen molar-refractivity contribution in [3.8, 4) is 0 Å². The van der Waals surface area contributed by atoms with E-state index < -0.39 is 5.97 Å². The van der Waals surface area contributed by atoms with E-state index in [2.05, 4.69) is 10.3 Å². The second kappa shape index (κ2) is 5.81. The van der Waals surface area contributed by atoms with Gasteiger partial charge in [-0.25, -0.2) is 9.78 Å². The Balaban J connectivity index is 1.97. The lowest BCUT2D eigenvalue weighted by Gasteiger charge is -2.06. The van der Waals surface area contributed by atoms with Crippen LogP contribution in [0.5, 0.6) is 0 Å². The average Bonchev–Trinajstić information content (AvgIpc) is 2.90. The predicted molar refractivity (Wildman–Crippen MR) is 66.9 cm³/mol. The van der Waals surface area contributed by atoms with E-state index in [1.165, 1.54) is 18.5 Å². The van der Waals surface area contributed by atoms with Crippen LogP contribution in [0.15, 0.2) is 41.1 Å². The van der Waals surface area contributed by atoms with Crippen LogP contribution in [0.1, 0.15) is 22.7 Å². The number of aromatic nitrogens is 1. The Bertz CT molecular complexity index is 578. The predicted octanol–water partition coefficient (Wildman–Crippen LogP) is 1.94. The van der Waals surface area contributed by atoms with E-state index in [4.69, 9.17) is 9.52 Å². The molecule has 0 saturated heterocycles. The minimum atomic E-state index is -1.18. The van der Waals surface area contributed by atoms with Gasteiger partial charge in [0.05, 0.1) is 12.0 Å². The summed E-state index contributed by atoms with van der Waals surface area (Å²) in [5.41, 5.74) is 0.0216. The number of hydrogen-bond donors (Lipinski definition) is 2. The maximum absolute atomic E-state index is 11.7. The number of hydrogen-bond acceptors (Lipinski definition) is 4. The lowest BCUT2D eigenvalue weighted by Crippen LogP contribution is -2.15. The summed E-state index contributed by atoms with van der Waals surface area (Å²) in [6.45, 7) is 0. The summed E-state index contributed by atoms with van der Waals surface area (Å²) in [7, 11) is 0. The Hall–Kier alpha value is -2.63. The number of carboxylic acids is 1. The number of amides is 1. The monoisotopic (exact) mass is 260 g/mol. The Kier molecular flexibility index (Phi) is 3.92. The summed E-state index contributed by atoms with van der Waals surface area (Å²) >= 11 is 0. The van der Waals surface area contributed by atoms with Crippen LogP contribution in [0, 0.1) is 0 Å². The Labute approximate surface area is 109 Å². The number of aromatic carboxylic acids is 1. The van der Waals surface area contributed by atoms with Crippen molar-refractivity contribution in [2.75, 3.05) is 5.32 Å². The first-order chi connectivity index (χ1) is 9.16. The zero-order chi connectivity index (χ0) is 13.7. The molecule has 2 heterocycles. The lowest BCUT2D eigenvalue weighted by atomic mass is 10.2. The van der Waals surface area contributed by atoms with Gasteiger partial charge in [0.1, 0.15) is 5.76 Å². The third-order valence-corrected chi connectivity index (χ3v) is 2.46. The number of pyridine rings is 1. The summed E-state index contributed by atoms with van der Waals surface area (Å²) in [6.07, 6.45) is 3.57. The van der Waals surface area contributed by atoms with Crippen molar-refractivity contribution in [3.63, 3.8) is 0 Å². The van der Waals surface area contributed by atoms with Gasteiger partial charge in [-0.1, -0.05) is 0 Å². The lowest BCUT2D eigenvalue weighted by molar-refractivity contribution is -0.116. The van der Waals surface area contributed by atoms with Gasteiger partial charge in [0.25, 0.3) is 0 Å². The maximum Gasteiger partial charge on any atom is 0.356 e. The molecule has 0 unspecified atom stereocenters. The molecule has 2 N–H and O–H groups in total. The molecule has 98 valence electrons. The number of carbonyl (C=O) groups excluding carboxylic acids is 1. The number of furan rings is 1. The quantitative estimate of drug-likeness (QED) is 0.857. The van der Waals surface area contributed by atoms with Crippen LogP contribution in [-0.2, 0) is 11.2 Å². The molecule has 19 heavy (non-hydrogen) atoms. The highest BCUT2D eigenvalue weighted by Crippen LogP contribution is 2.13. The minimum absolute atomic E-state index is 0.172. The van der Waals surface area contributed by atoms with Crippen LogP contribution >= 0.6 is 0 Å². The average molecular weight is 260 g/mol. The molecule has 0 fully saturated rings. The molecular formula is C13H12N2O4. The largest absolute Gasteiger partial charge is 0.476 e. The molecule has 0 radical (unpaired) electrons. The molecule has 2 rings (SSSR count).